The van der Waals surface area contributed by atoms with Crippen LogP contribution in [0.3, 0.4) is 0 Å². The number of hydrogen-bond donors (Lipinski definition) is 0. The number of carbonyl (C=O) groups excluding carboxylic acids is 1. The molecule has 7 heteroatoms. The van der Waals surface area contributed by atoms with E-state index in [-0.39, 0.29) is 17.4 Å². The smallest absolute Gasteiger partial charge is 0.293 e. The molecule has 0 aliphatic heterocycles. The zero-order valence-corrected chi connectivity index (χ0v) is 14.3. The fourth-order valence-electron chi connectivity index (χ4n) is 1.92. The van der Waals surface area contributed by atoms with E-state index in [0.29, 0.717) is 0 Å². The summed E-state index contributed by atoms with van der Waals surface area (Å²) < 4.78 is 40.1. The van der Waals surface area contributed by atoms with E-state index >= 15 is 0 Å². The molecule has 0 aliphatic carbocycles. The molecule has 1 aromatic heterocycles. The average molecular weight is 437 g/mol. The lowest BCUT2D eigenvalue weighted by atomic mass is 10.1. The van der Waals surface area contributed by atoms with Crippen LogP contribution in [0.25, 0.3) is 0 Å². The second kappa shape index (κ2) is 6.91. The van der Waals surface area contributed by atoms with Crippen LogP contribution in [-0.4, -0.2) is 16.1 Å². The molecule has 0 spiro atoms. The van der Waals surface area contributed by atoms with Crippen molar-refractivity contribution >= 4 is 37.6 Å². The number of alkyl halides is 4. The molecule has 0 fully saturated rings. The fraction of sp³-hybridized carbons (Fsp3) is 0.200. The van der Waals surface area contributed by atoms with E-state index in [1.54, 1.807) is 12.1 Å². The predicted octanol–water partition coefficient (Wildman–Crippen LogP) is 5.03. The summed E-state index contributed by atoms with van der Waals surface area (Å²) in [4.78, 5) is 15.2. The Balaban J connectivity index is 2.38. The van der Waals surface area contributed by atoms with Gasteiger partial charge in [0.1, 0.15) is 0 Å². The van der Waals surface area contributed by atoms with Crippen molar-refractivity contribution in [3.8, 4) is 0 Å². The Bertz CT molecular complexity index is 684. The lowest BCUT2D eigenvalue weighted by molar-refractivity contribution is -0.141. The number of nitrogens with zero attached hydrogens (tertiary/aromatic N) is 1. The molecule has 2 rings (SSSR count). The number of hydrogen-bond acceptors (Lipinski definition) is 2. The molecule has 0 atom stereocenters. The molecule has 0 N–H and O–H groups in total. The molecular weight excluding hydrogens is 427 g/mol. The Morgan fingerprint density at radius 1 is 1.09 bits per heavy atom. The molecule has 116 valence electrons. The Morgan fingerprint density at radius 3 is 2.27 bits per heavy atom. The van der Waals surface area contributed by atoms with Gasteiger partial charge in [-0.25, -0.2) is 4.98 Å². The highest BCUT2D eigenvalue weighted by atomic mass is 79.9. The van der Waals surface area contributed by atoms with E-state index in [1.807, 2.05) is 12.1 Å². The van der Waals surface area contributed by atoms with Crippen LogP contribution in [0.4, 0.5) is 13.2 Å². The van der Waals surface area contributed by atoms with Gasteiger partial charge in [-0.05, 0) is 29.8 Å². The van der Waals surface area contributed by atoms with Gasteiger partial charge >= 0.3 is 6.18 Å². The molecule has 0 bridgehead atoms. The predicted molar refractivity (Wildman–Crippen MR) is 84.3 cm³/mol. The standard InChI is InChI=1S/C15H10Br2F3NO/c16-8-13(22)12-6-5-11(21-14(12)15(18,19)20)7-9-1-3-10(17)4-2-9/h1-6H,7-8H2. The first kappa shape index (κ1) is 17.1. The minimum atomic E-state index is -4.66. The maximum Gasteiger partial charge on any atom is 0.434 e. The summed E-state index contributed by atoms with van der Waals surface area (Å²) in [5.74, 6) is -0.644. The number of halogens is 5. The van der Waals surface area contributed by atoms with Crippen LogP contribution in [0.2, 0.25) is 0 Å². The van der Waals surface area contributed by atoms with Gasteiger partial charge in [0.25, 0.3) is 0 Å². The van der Waals surface area contributed by atoms with Crippen LogP contribution < -0.4 is 0 Å². The van der Waals surface area contributed by atoms with Crippen LogP contribution in [-0.2, 0) is 12.6 Å². The zero-order valence-electron chi connectivity index (χ0n) is 11.1. The van der Waals surface area contributed by atoms with Crippen molar-refractivity contribution < 1.29 is 18.0 Å². The normalized spacial score (nSPS) is 11.5. The molecular formula is C15H10Br2F3NO. The van der Waals surface area contributed by atoms with Gasteiger partial charge in [0.15, 0.2) is 11.5 Å². The summed E-state index contributed by atoms with van der Waals surface area (Å²) in [5, 5.41) is -0.177. The summed E-state index contributed by atoms with van der Waals surface area (Å²) >= 11 is 6.18. The molecule has 1 aromatic carbocycles. The van der Waals surface area contributed by atoms with Crippen LogP contribution in [0.5, 0.6) is 0 Å². The molecule has 22 heavy (non-hydrogen) atoms. The van der Waals surface area contributed by atoms with E-state index in [2.05, 4.69) is 36.8 Å². The largest absolute Gasteiger partial charge is 0.434 e. The number of pyridine rings is 1. The summed E-state index contributed by atoms with van der Waals surface area (Å²) in [6.07, 6.45) is -4.40. The first-order chi connectivity index (χ1) is 10.3. The number of benzene rings is 1. The molecule has 2 aromatic rings. The topological polar surface area (TPSA) is 30.0 Å². The van der Waals surface area contributed by atoms with Gasteiger partial charge in [-0.3, -0.25) is 4.79 Å². The summed E-state index contributed by atoms with van der Waals surface area (Å²) in [6.45, 7) is 0. The van der Waals surface area contributed by atoms with Gasteiger partial charge in [0, 0.05) is 22.2 Å². The van der Waals surface area contributed by atoms with E-state index in [9.17, 15) is 18.0 Å². The highest BCUT2D eigenvalue weighted by molar-refractivity contribution is 9.10. The van der Waals surface area contributed by atoms with Gasteiger partial charge in [-0.15, -0.1) is 0 Å². The lowest BCUT2D eigenvalue weighted by Gasteiger charge is -2.12. The first-order valence-corrected chi connectivity index (χ1v) is 8.13. The van der Waals surface area contributed by atoms with Gasteiger partial charge < -0.3 is 0 Å². The third-order valence-electron chi connectivity index (χ3n) is 2.94. The number of Topliss-reactive ketones (excluding diaryl/α,β-unsaturated/α-hetero) is 1. The minimum absolute atomic E-state index is 0.177. The maximum absolute atomic E-state index is 13.1. The average Bonchev–Trinajstić information content (AvgIpc) is 2.48. The highest BCUT2D eigenvalue weighted by Gasteiger charge is 2.37. The SMILES string of the molecule is O=C(CBr)c1ccc(Cc2ccc(Br)cc2)nc1C(F)(F)F. The Kier molecular flexibility index (Phi) is 5.39. The zero-order chi connectivity index (χ0) is 16.3. The molecule has 0 amide bonds. The molecule has 0 saturated carbocycles. The third kappa shape index (κ3) is 4.16. The summed E-state index contributed by atoms with van der Waals surface area (Å²) in [5.41, 5.74) is -0.445. The first-order valence-electron chi connectivity index (χ1n) is 6.22. The van der Waals surface area contributed by atoms with Crippen molar-refractivity contribution in [2.24, 2.45) is 0 Å². The van der Waals surface area contributed by atoms with E-state index in [0.717, 1.165) is 10.0 Å². The van der Waals surface area contributed by atoms with Crippen LogP contribution in [0.1, 0.15) is 27.3 Å². The monoisotopic (exact) mass is 435 g/mol. The highest BCUT2D eigenvalue weighted by Crippen LogP contribution is 2.31. The quantitative estimate of drug-likeness (QED) is 0.497. The minimum Gasteiger partial charge on any atom is -0.293 e. The van der Waals surface area contributed by atoms with Crippen molar-refractivity contribution in [1.82, 2.24) is 4.98 Å². The number of ketones is 1. The molecule has 0 unspecified atom stereocenters. The number of rotatable bonds is 4. The van der Waals surface area contributed by atoms with Gasteiger partial charge in [0.05, 0.1) is 5.33 Å². The lowest BCUT2D eigenvalue weighted by Crippen LogP contribution is -2.17. The fourth-order valence-corrected chi connectivity index (χ4v) is 2.49. The van der Waals surface area contributed by atoms with E-state index < -0.39 is 23.2 Å². The molecule has 0 saturated heterocycles. The van der Waals surface area contributed by atoms with Gasteiger partial charge in [-0.1, -0.05) is 44.0 Å². The molecule has 0 radical (unpaired) electrons. The second-order valence-electron chi connectivity index (χ2n) is 4.56. The Hall–Kier alpha value is -1.21. The molecule has 2 nitrogen and oxygen atoms in total. The maximum atomic E-state index is 13.1. The Morgan fingerprint density at radius 2 is 1.73 bits per heavy atom. The van der Waals surface area contributed by atoms with Gasteiger partial charge in [0.2, 0.25) is 0 Å². The number of aromatic nitrogens is 1. The van der Waals surface area contributed by atoms with E-state index in [1.165, 1.54) is 12.1 Å². The van der Waals surface area contributed by atoms with E-state index in [4.69, 9.17) is 0 Å². The van der Waals surface area contributed by atoms with Crippen molar-refractivity contribution in [3.05, 3.63) is 63.4 Å². The van der Waals surface area contributed by atoms with Crippen LogP contribution >= 0.6 is 31.9 Å². The van der Waals surface area contributed by atoms with Crippen molar-refractivity contribution in [3.63, 3.8) is 0 Å². The second-order valence-corrected chi connectivity index (χ2v) is 6.03. The van der Waals surface area contributed by atoms with Crippen molar-refractivity contribution in [2.75, 3.05) is 5.33 Å². The third-order valence-corrected chi connectivity index (χ3v) is 3.98. The summed E-state index contributed by atoms with van der Waals surface area (Å²) in [6, 6.07) is 9.86. The van der Waals surface area contributed by atoms with Crippen LogP contribution in [0.15, 0.2) is 40.9 Å². The van der Waals surface area contributed by atoms with Crippen molar-refractivity contribution in [2.45, 2.75) is 12.6 Å². The van der Waals surface area contributed by atoms with Crippen LogP contribution in [0, 0.1) is 0 Å². The summed E-state index contributed by atoms with van der Waals surface area (Å²) in [7, 11) is 0. The van der Waals surface area contributed by atoms with Gasteiger partial charge in [-0.2, -0.15) is 13.2 Å². The molecule has 1 heterocycles. The Labute approximate surface area is 142 Å². The molecule has 0 aliphatic rings. The number of carbonyl (C=O) groups is 1. The van der Waals surface area contributed by atoms with Crippen molar-refractivity contribution in [1.29, 1.82) is 0 Å².